The molecule has 6 aromatic rings. The minimum Gasteiger partial charge on any atom is -0.392 e. The first-order chi connectivity index (χ1) is 26.6. The SMILES string of the molecule is C[C@H]1[C@@H](CSc2nnnn2-c2ccccc2)O[C@@H](c2ccc(-c3cccc(CNC(=O)c4c(F)c(F)c(F)c(F)c4F)c3)cc2)O[C@H]1c1ccc(CO)cc1. The highest BCUT2D eigenvalue weighted by Gasteiger charge is 2.39. The maximum Gasteiger partial charge on any atom is 0.257 e. The van der Waals surface area contributed by atoms with Gasteiger partial charge in [0.1, 0.15) is 5.56 Å². The van der Waals surface area contributed by atoms with E-state index in [0.29, 0.717) is 16.5 Å². The van der Waals surface area contributed by atoms with Crippen molar-refractivity contribution in [3.63, 3.8) is 0 Å². The second kappa shape index (κ2) is 16.5. The number of tetrazole rings is 1. The van der Waals surface area contributed by atoms with Crippen molar-refractivity contribution in [2.75, 3.05) is 5.75 Å². The minimum absolute atomic E-state index is 0.0786. The molecule has 2 N–H and O–H groups in total. The molecular formula is C40H32F5N5O4S. The van der Waals surface area contributed by atoms with Crippen LogP contribution in [0.1, 0.15) is 51.9 Å². The van der Waals surface area contributed by atoms with Crippen molar-refractivity contribution in [1.82, 2.24) is 25.5 Å². The van der Waals surface area contributed by atoms with Gasteiger partial charge in [-0.3, -0.25) is 4.79 Å². The summed E-state index contributed by atoms with van der Waals surface area (Å²) in [6.07, 6.45) is -1.38. The topological polar surface area (TPSA) is 111 Å². The number of aliphatic hydroxyl groups excluding tert-OH is 1. The standard InChI is InChI=1S/C40H32F5N5O4S/c1-22-30(21-55-40-47-48-49-50(40)29-8-3-2-4-9-29)53-39(54-37(22)26-12-10-23(20-51)11-13-26)27-16-14-25(15-17-27)28-7-5-6-24(18-28)19-46-38(52)31-32(41)34(43)36(45)35(44)33(31)42/h2-18,22,30,37,39,51H,19-21H2,1H3,(H,46,52)/t22-,30+,37+,39+/m0/s1. The molecule has 9 nitrogen and oxygen atoms in total. The van der Waals surface area contributed by atoms with Crippen molar-refractivity contribution in [2.45, 2.75) is 43.7 Å². The van der Waals surface area contributed by atoms with Gasteiger partial charge in [-0.25, -0.2) is 22.0 Å². The Balaban J connectivity index is 1.08. The lowest BCUT2D eigenvalue weighted by molar-refractivity contribution is -0.268. The third-order valence-electron chi connectivity index (χ3n) is 9.27. The van der Waals surface area contributed by atoms with Crippen LogP contribution in [0.3, 0.4) is 0 Å². The molecular weight excluding hydrogens is 742 g/mol. The smallest absolute Gasteiger partial charge is 0.257 e. The van der Waals surface area contributed by atoms with Gasteiger partial charge in [0, 0.05) is 23.8 Å². The number of amides is 1. The van der Waals surface area contributed by atoms with Crippen LogP contribution in [-0.2, 0) is 22.6 Å². The summed E-state index contributed by atoms with van der Waals surface area (Å²) in [5.41, 5.74) is 3.78. The quantitative estimate of drug-likeness (QED) is 0.0590. The van der Waals surface area contributed by atoms with E-state index in [-0.39, 0.29) is 31.3 Å². The third-order valence-corrected chi connectivity index (χ3v) is 10.3. The van der Waals surface area contributed by atoms with E-state index < -0.39 is 46.8 Å². The summed E-state index contributed by atoms with van der Waals surface area (Å²) in [6.45, 7) is 1.74. The Morgan fingerprint density at radius 2 is 1.45 bits per heavy atom. The summed E-state index contributed by atoms with van der Waals surface area (Å²) in [6, 6.07) is 31.6. The Morgan fingerprint density at radius 1 is 0.782 bits per heavy atom. The first-order valence-corrected chi connectivity index (χ1v) is 18.1. The molecule has 2 heterocycles. The highest BCUT2D eigenvalue weighted by Crippen LogP contribution is 2.43. The van der Waals surface area contributed by atoms with Gasteiger partial charge in [0.05, 0.1) is 24.5 Å². The predicted octanol–water partition coefficient (Wildman–Crippen LogP) is 8.03. The van der Waals surface area contributed by atoms with Crippen molar-refractivity contribution in [3.05, 3.63) is 160 Å². The summed E-state index contributed by atoms with van der Waals surface area (Å²) in [7, 11) is 0. The molecule has 4 atom stereocenters. The van der Waals surface area contributed by atoms with Crippen molar-refractivity contribution in [3.8, 4) is 16.8 Å². The molecule has 282 valence electrons. The summed E-state index contributed by atoms with van der Waals surface area (Å²) >= 11 is 1.47. The average Bonchev–Trinajstić information content (AvgIpc) is 3.70. The molecule has 1 aliphatic heterocycles. The number of benzene rings is 5. The van der Waals surface area contributed by atoms with Crippen LogP contribution in [0.4, 0.5) is 22.0 Å². The van der Waals surface area contributed by atoms with Gasteiger partial charge in [0.2, 0.25) is 11.0 Å². The second-order valence-electron chi connectivity index (χ2n) is 12.8. The summed E-state index contributed by atoms with van der Waals surface area (Å²) in [4.78, 5) is 12.5. The molecule has 0 aliphatic carbocycles. The number of ether oxygens (including phenoxy) is 2. The molecule has 0 bridgehead atoms. The molecule has 55 heavy (non-hydrogen) atoms. The van der Waals surface area contributed by atoms with E-state index in [2.05, 4.69) is 27.8 Å². The molecule has 15 heteroatoms. The van der Waals surface area contributed by atoms with Crippen LogP contribution >= 0.6 is 11.8 Å². The number of aliphatic hydroxyl groups is 1. The van der Waals surface area contributed by atoms with Crippen LogP contribution in [0, 0.1) is 35.0 Å². The number of carbonyl (C=O) groups is 1. The molecule has 1 aromatic heterocycles. The second-order valence-corrected chi connectivity index (χ2v) is 13.8. The molecule has 0 spiro atoms. The third kappa shape index (κ3) is 8.01. The number of nitrogens with zero attached hydrogens (tertiary/aromatic N) is 4. The van der Waals surface area contributed by atoms with Gasteiger partial charge < -0.3 is 19.9 Å². The highest BCUT2D eigenvalue weighted by molar-refractivity contribution is 7.99. The van der Waals surface area contributed by atoms with Crippen molar-refractivity contribution < 1.29 is 41.3 Å². The Labute approximate surface area is 316 Å². The van der Waals surface area contributed by atoms with Crippen LogP contribution in [0.2, 0.25) is 0 Å². The molecule has 7 rings (SSSR count). The van der Waals surface area contributed by atoms with E-state index in [4.69, 9.17) is 9.47 Å². The van der Waals surface area contributed by atoms with Crippen LogP contribution in [0.25, 0.3) is 16.8 Å². The molecule has 1 aliphatic rings. The highest BCUT2D eigenvalue weighted by atomic mass is 32.2. The van der Waals surface area contributed by atoms with Gasteiger partial charge in [-0.15, -0.1) is 5.10 Å². The molecule has 0 unspecified atom stereocenters. The summed E-state index contributed by atoms with van der Waals surface area (Å²) < 4.78 is 83.9. The normalized spacial score (nSPS) is 18.3. The van der Waals surface area contributed by atoms with Crippen molar-refractivity contribution in [2.24, 2.45) is 5.92 Å². The van der Waals surface area contributed by atoms with Gasteiger partial charge in [-0.2, -0.15) is 4.68 Å². The molecule has 5 aromatic carbocycles. The fourth-order valence-corrected chi connectivity index (χ4v) is 7.29. The number of hydrogen-bond acceptors (Lipinski definition) is 8. The Hall–Kier alpha value is -5.48. The fraction of sp³-hybridized carbons (Fsp3) is 0.200. The number of para-hydroxylation sites is 1. The first kappa shape index (κ1) is 37.8. The molecule has 1 amide bonds. The van der Waals surface area contributed by atoms with E-state index in [1.54, 1.807) is 22.9 Å². The Kier molecular flexibility index (Phi) is 11.3. The van der Waals surface area contributed by atoms with E-state index in [0.717, 1.165) is 33.5 Å². The largest absolute Gasteiger partial charge is 0.392 e. The van der Waals surface area contributed by atoms with Crippen molar-refractivity contribution >= 4 is 17.7 Å². The van der Waals surface area contributed by atoms with Gasteiger partial charge >= 0.3 is 0 Å². The minimum atomic E-state index is -2.34. The molecule has 0 radical (unpaired) electrons. The first-order valence-electron chi connectivity index (χ1n) is 17.1. The maximum atomic E-state index is 14.2. The van der Waals surface area contributed by atoms with Gasteiger partial charge in [-0.1, -0.05) is 104 Å². The number of aromatic nitrogens is 4. The zero-order valence-electron chi connectivity index (χ0n) is 29.0. The number of hydrogen-bond donors (Lipinski definition) is 2. The van der Waals surface area contributed by atoms with E-state index in [9.17, 15) is 31.9 Å². The maximum absolute atomic E-state index is 14.2. The number of rotatable bonds is 11. The van der Waals surface area contributed by atoms with Crippen LogP contribution < -0.4 is 5.32 Å². The molecule has 1 saturated heterocycles. The van der Waals surface area contributed by atoms with Gasteiger partial charge in [0.25, 0.3) is 5.91 Å². The monoisotopic (exact) mass is 773 g/mol. The lowest BCUT2D eigenvalue weighted by Crippen LogP contribution is -2.38. The lowest BCUT2D eigenvalue weighted by Gasteiger charge is -2.41. The number of thioether (sulfide) groups is 1. The Bertz CT molecular complexity index is 2270. The Morgan fingerprint density at radius 3 is 2.15 bits per heavy atom. The van der Waals surface area contributed by atoms with Gasteiger partial charge in [0.15, 0.2) is 29.6 Å². The van der Waals surface area contributed by atoms with Crippen LogP contribution in [0.5, 0.6) is 0 Å². The summed E-state index contributed by atoms with van der Waals surface area (Å²) in [5.74, 6) is -12.2. The lowest BCUT2D eigenvalue weighted by atomic mass is 9.91. The average molecular weight is 774 g/mol. The van der Waals surface area contributed by atoms with Crippen LogP contribution in [0.15, 0.2) is 108 Å². The van der Waals surface area contributed by atoms with Crippen LogP contribution in [-0.4, -0.2) is 43.1 Å². The molecule has 0 saturated carbocycles. The number of nitrogens with one attached hydrogen (secondary N) is 1. The van der Waals surface area contributed by atoms with Crippen molar-refractivity contribution in [1.29, 1.82) is 0 Å². The zero-order chi connectivity index (χ0) is 38.6. The summed E-state index contributed by atoms with van der Waals surface area (Å²) in [5, 5.41) is 24.7. The zero-order valence-corrected chi connectivity index (χ0v) is 29.8. The number of halogens is 5. The molecule has 1 fully saturated rings. The number of carbonyl (C=O) groups excluding carboxylic acids is 1. The van der Waals surface area contributed by atoms with E-state index in [1.807, 2.05) is 84.9 Å². The van der Waals surface area contributed by atoms with E-state index >= 15 is 0 Å². The fourth-order valence-electron chi connectivity index (χ4n) is 6.24. The van der Waals surface area contributed by atoms with E-state index in [1.165, 1.54) is 11.8 Å². The van der Waals surface area contributed by atoms with Gasteiger partial charge in [-0.05, 0) is 56.4 Å². The predicted molar refractivity (Wildman–Crippen MR) is 192 cm³/mol.